The molecule has 0 amide bonds. The summed E-state index contributed by atoms with van der Waals surface area (Å²) in [7, 11) is 0. The molecule has 0 saturated carbocycles. The lowest BCUT2D eigenvalue weighted by Crippen LogP contribution is -2.03. The second-order valence-electron chi connectivity index (χ2n) is 3.13. The predicted molar refractivity (Wildman–Crippen MR) is 53.7 cm³/mol. The molecule has 2 rings (SSSR count). The van der Waals surface area contributed by atoms with Crippen molar-refractivity contribution >= 4 is 0 Å². The van der Waals surface area contributed by atoms with Crippen LogP contribution in [-0.2, 0) is 13.2 Å². The maximum absolute atomic E-state index is 9.12. The molecule has 0 atom stereocenters. The summed E-state index contributed by atoms with van der Waals surface area (Å²) in [6.45, 7) is 0.793. The quantitative estimate of drug-likeness (QED) is 0.791. The molecule has 0 fully saturated rings. The molecule has 0 saturated heterocycles. The smallest absolute Gasteiger partial charge is 0.0685 e. The second-order valence-corrected chi connectivity index (χ2v) is 3.13. The number of aliphatic hydroxyl groups excluding tert-OH is 1. The average Bonchev–Trinajstić information content (AvgIpc) is 2.71. The van der Waals surface area contributed by atoms with Crippen LogP contribution in [0.4, 0.5) is 0 Å². The largest absolute Gasteiger partial charge is 0.392 e. The Morgan fingerprint density at radius 2 is 1.93 bits per heavy atom. The highest BCUT2D eigenvalue weighted by atomic mass is 16.3. The second kappa shape index (κ2) is 4.07. The molecule has 0 aliphatic heterocycles. The van der Waals surface area contributed by atoms with Gasteiger partial charge in [-0.1, -0.05) is 24.3 Å². The van der Waals surface area contributed by atoms with Crippen molar-refractivity contribution in [3.8, 4) is 0 Å². The topological polar surface area (TPSA) is 38.0 Å². The molecular weight excluding hydrogens is 176 g/mol. The maximum Gasteiger partial charge on any atom is 0.0685 e. The monoisotopic (exact) mass is 188 g/mol. The summed E-state index contributed by atoms with van der Waals surface area (Å²) in [4.78, 5) is 0. The van der Waals surface area contributed by atoms with Crippen LogP contribution in [0.15, 0.2) is 42.7 Å². The molecule has 2 aromatic rings. The molecule has 0 aliphatic carbocycles. The van der Waals surface area contributed by atoms with Gasteiger partial charge in [0.05, 0.1) is 13.2 Å². The fourth-order valence-corrected chi connectivity index (χ4v) is 1.43. The van der Waals surface area contributed by atoms with Gasteiger partial charge in [-0.25, -0.2) is 0 Å². The molecule has 1 aromatic heterocycles. The van der Waals surface area contributed by atoms with Crippen molar-refractivity contribution < 1.29 is 5.11 Å². The van der Waals surface area contributed by atoms with Gasteiger partial charge in [0.2, 0.25) is 0 Å². The summed E-state index contributed by atoms with van der Waals surface area (Å²) in [6.07, 6.45) is 3.66. The van der Waals surface area contributed by atoms with Crippen LogP contribution < -0.4 is 0 Å². The third-order valence-corrected chi connectivity index (χ3v) is 2.18. The Hall–Kier alpha value is -1.61. The van der Waals surface area contributed by atoms with E-state index in [0.29, 0.717) is 6.54 Å². The lowest BCUT2D eigenvalue weighted by molar-refractivity contribution is 0.280. The lowest BCUT2D eigenvalue weighted by atomic mass is 10.1. The van der Waals surface area contributed by atoms with Gasteiger partial charge in [0.1, 0.15) is 0 Å². The Balaban J connectivity index is 2.24. The zero-order valence-electron chi connectivity index (χ0n) is 7.80. The Labute approximate surface area is 82.6 Å². The molecule has 1 heterocycles. The minimum atomic E-state index is 0.0808. The summed E-state index contributed by atoms with van der Waals surface area (Å²) in [6, 6.07) is 9.73. The summed E-state index contributed by atoms with van der Waals surface area (Å²) in [5, 5.41) is 13.2. The fourth-order valence-electron chi connectivity index (χ4n) is 1.43. The molecule has 3 nitrogen and oxygen atoms in total. The van der Waals surface area contributed by atoms with Crippen LogP contribution >= 0.6 is 0 Å². The molecule has 0 radical (unpaired) electrons. The van der Waals surface area contributed by atoms with E-state index in [1.165, 1.54) is 0 Å². The molecule has 0 bridgehead atoms. The first-order valence-corrected chi connectivity index (χ1v) is 4.55. The van der Waals surface area contributed by atoms with Gasteiger partial charge in [0, 0.05) is 12.4 Å². The van der Waals surface area contributed by atoms with Crippen molar-refractivity contribution in [1.82, 2.24) is 9.78 Å². The normalized spacial score (nSPS) is 10.4. The highest BCUT2D eigenvalue weighted by Crippen LogP contribution is 2.09. The van der Waals surface area contributed by atoms with E-state index in [2.05, 4.69) is 5.10 Å². The number of rotatable bonds is 3. The van der Waals surface area contributed by atoms with E-state index < -0.39 is 0 Å². The molecule has 1 aromatic carbocycles. The van der Waals surface area contributed by atoms with Crippen molar-refractivity contribution in [1.29, 1.82) is 0 Å². The van der Waals surface area contributed by atoms with Crippen LogP contribution in [0.2, 0.25) is 0 Å². The Kier molecular flexibility index (Phi) is 2.60. The van der Waals surface area contributed by atoms with E-state index in [1.807, 2.05) is 41.2 Å². The molecule has 0 spiro atoms. The highest BCUT2D eigenvalue weighted by Gasteiger charge is 2.00. The standard InChI is InChI=1S/C11H12N2O/c14-9-11-5-2-1-4-10(11)8-13-7-3-6-12-13/h1-7,14H,8-9H2. The highest BCUT2D eigenvalue weighted by molar-refractivity contribution is 5.26. The van der Waals surface area contributed by atoms with Gasteiger partial charge < -0.3 is 5.11 Å². The summed E-state index contributed by atoms with van der Waals surface area (Å²) < 4.78 is 1.84. The zero-order chi connectivity index (χ0) is 9.80. The predicted octanol–water partition coefficient (Wildman–Crippen LogP) is 1.42. The molecule has 0 aliphatic rings. The van der Waals surface area contributed by atoms with Crippen LogP contribution in [-0.4, -0.2) is 14.9 Å². The van der Waals surface area contributed by atoms with Crippen molar-refractivity contribution in [3.63, 3.8) is 0 Å². The van der Waals surface area contributed by atoms with Crippen LogP contribution in [0.25, 0.3) is 0 Å². The number of benzene rings is 1. The van der Waals surface area contributed by atoms with Crippen LogP contribution in [0.5, 0.6) is 0 Å². The third-order valence-electron chi connectivity index (χ3n) is 2.18. The van der Waals surface area contributed by atoms with Gasteiger partial charge in [-0.2, -0.15) is 5.10 Å². The Morgan fingerprint density at radius 3 is 2.57 bits per heavy atom. The minimum Gasteiger partial charge on any atom is -0.392 e. The van der Waals surface area contributed by atoms with Crippen molar-refractivity contribution in [3.05, 3.63) is 53.9 Å². The zero-order valence-corrected chi connectivity index (χ0v) is 7.80. The van der Waals surface area contributed by atoms with E-state index in [0.717, 1.165) is 11.1 Å². The summed E-state index contributed by atoms with van der Waals surface area (Å²) in [5.41, 5.74) is 2.07. The SMILES string of the molecule is OCc1ccccc1Cn1cccn1. The van der Waals surface area contributed by atoms with Gasteiger partial charge in [0.25, 0.3) is 0 Å². The van der Waals surface area contributed by atoms with Crippen LogP contribution in [0.3, 0.4) is 0 Å². The van der Waals surface area contributed by atoms with Gasteiger partial charge in [-0.3, -0.25) is 4.68 Å². The summed E-state index contributed by atoms with van der Waals surface area (Å²) in [5.74, 6) is 0. The van der Waals surface area contributed by atoms with Crippen molar-refractivity contribution in [2.24, 2.45) is 0 Å². The minimum absolute atomic E-state index is 0.0808. The molecule has 72 valence electrons. The lowest BCUT2D eigenvalue weighted by Gasteiger charge is -2.06. The first-order valence-electron chi connectivity index (χ1n) is 4.55. The summed E-state index contributed by atoms with van der Waals surface area (Å²) >= 11 is 0. The van der Waals surface area contributed by atoms with Crippen molar-refractivity contribution in [2.45, 2.75) is 13.2 Å². The van der Waals surface area contributed by atoms with Crippen molar-refractivity contribution in [2.75, 3.05) is 0 Å². The van der Waals surface area contributed by atoms with Gasteiger partial charge >= 0.3 is 0 Å². The van der Waals surface area contributed by atoms with Gasteiger partial charge in [0.15, 0.2) is 0 Å². The first kappa shape index (κ1) is 8.97. The van der Waals surface area contributed by atoms with E-state index >= 15 is 0 Å². The number of hydrogen-bond acceptors (Lipinski definition) is 2. The number of nitrogens with zero attached hydrogens (tertiary/aromatic N) is 2. The number of aliphatic hydroxyl groups is 1. The molecule has 0 unspecified atom stereocenters. The third kappa shape index (κ3) is 1.83. The van der Waals surface area contributed by atoms with E-state index in [-0.39, 0.29) is 6.61 Å². The number of hydrogen-bond donors (Lipinski definition) is 1. The van der Waals surface area contributed by atoms with Gasteiger partial charge in [-0.15, -0.1) is 0 Å². The Morgan fingerprint density at radius 1 is 1.14 bits per heavy atom. The fraction of sp³-hybridized carbons (Fsp3) is 0.182. The van der Waals surface area contributed by atoms with E-state index in [1.54, 1.807) is 6.20 Å². The molecule has 14 heavy (non-hydrogen) atoms. The first-order chi connectivity index (χ1) is 6.90. The Bertz CT molecular complexity index is 395. The van der Waals surface area contributed by atoms with E-state index in [9.17, 15) is 0 Å². The average molecular weight is 188 g/mol. The van der Waals surface area contributed by atoms with E-state index in [4.69, 9.17) is 5.11 Å². The molecule has 1 N–H and O–H groups in total. The number of aromatic nitrogens is 2. The molecule has 3 heteroatoms. The van der Waals surface area contributed by atoms with Gasteiger partial charge in [-0.05, 0) is 17.2 Å². The maximum atomic E-state index is 9.12. The van der Waals surface area contributed by atoms with Crippen LogP contribution in [0.1, 0.15) is 11.1 Å². The van der Waals surface area contributed by atoms with Crippen LogP contribution in [0, 0.1) is 0 Å². The molecular formula is C11H12N2O.